The molecule has 0 unspecified atom stereocenters. The largest absolute Gasteiger partial charge is 0.351 e. The fraction of sp³-hybridized carbons (Fsp3) is 0.364. The highest BCUT2D eigenvalue weighted by Gasteiger charge is 2.20. The lowest BCUT2D eigenvalue weighted by molar-refractivity contribution is 0.0955. The quantitative estimate of drug-likeness (QED) is 0.785. The van der Waals surface area contributed by atoms with Gasteiger partial charge in [0.15, 0.2) is 0 Å². The topological polar surface area (TPSA) is 97.4 Å². The smallest absolute Gasteiger partial charge is 0.261 e. The first-order chi connectivity index (χ1) is 9.42. The molecule has 0 heterocycles. The van der Waals surface area contributed by atoms with E-state index in [0.717, 1.165) is 12.3 Å². The third kappa shape index (κ3) is 5.46. The van der Waals surface area contributed by atoms with Crippen LogP contribution in [0.25, 0.3) is 0 Å². The number of carbonyl (C=O) groups is 1. The molecule has 1 amide bonds. The second kappa shape index (κ2) is 6.51. The predicted octanol–water partition coefficient (Wildman–Crippen LogP) is 1.35. The van der Waals surface area contributed by atoms with Crippen molar-refractivity contribution in [2.24, 2.45) is 0 Å². The molecule has 0 aliphatic rings. The predicted molar refractivity (Wildman–Crippen MR) is 81.3 cm³/mol. The first kappa shape index (κ1) is 18.2. The Morgan fingerprint density at radius 2 is 1.81 bits per heavy atom. The minimum absolute atomic E-state index is 0.0234. The molecule has 0 saturated carbocycles. The van der Waals surface area contributed by atoms with Crippen molar-refractivity contribution in [1.82, 2.24) is 5.32 Å². The van der Waals surface area contributed by atoms with Crippen LogP contribution >= 0.6 is 22.3 Å². The van der Waals surface area contributed by atoms with Crippen molar-refractivity contribution in [3.05, 3.63) is 28.3 Å². The lowest BCUT2D eigenvalue weighted by atomic mass is 10.1. The summed E-state index contributed by atoms with van der Waals surface area (Å²) in [7, 11) is -1.97. The van der Waals surface area contributed by atoms with Gasteiger partial charge in [-0.25, -0.2) is 16.8 Å². The summed E-state index contributed by atoms with van der Waals surface area (Å²) in [6.07, 6.45) is 1.04. The SMILES string of the molecule is Cc1c(C(=O)NCCS(C)(=O)=O)cc(Cl)cc1S(=O)(=O)Cl. The van der Waals surface area contributed by atoms with Gasteiger partial charge >= 0.3 is 0 Å². The Hall–Kier alpha value is -0.830. The minimum Gasteiger partial charge on any atom is -0.351 e. The Labute approximate surface area is 132 Å². The molecule has 1 N–H and O–H groups in total. The van der Waals surface area contributed by atoms with Crippen molar-refractivity contribution in [3.63, 3.8) is 0 Å². The van der Waals surface area contributed by atoms with Gasteiger partial charge in [0.2, 0.25) is 0 Å². The molecule has 0 aliphatic carbocycles. The van der Waals surface area contributed by atoms with E-state index in [9.17, 15) is 21.6 Å². The number of amides is 1. The van der Waals surface area contributed by atoms with E-state index in [1.807, 2.05) is 0 Å². The molecule has 10 heteroatoms. The normalized spacial score (nSPS) is 12.2. The van der Waals surface area contributed by atoms with Gasteiger partial charge in [-0.2, -0.15) is 0 Å². The minimum atomic E-state index is -4.04. The van der Waals surface area contributed by atoms with Crippen LogP contribution in [0.3, 0.4) is 0 Å². The lowest BCUT2D eigenvalue weighted by Gasteiger charge is -2.10. The van der Waals surface area contributed by atoms with Crippen LogP contribution < -0.4 is 5.32 Å². The first-order valence-corrected chi connectivity index (χ1v) is 10.4. The van der Waals surface area contributed by atoms with E-state index in [0.29, 0.717) is 0 Å². The summed E-state index contributed by atoms with van der Waals surface area (Å²) in [6, 6.07) is 2.44. The summed E-state index contributed by atoms with van der Waals surface area (Å²) in [5.41, 5.74) is 0.168. The molecule has 0 saturated heterocycles. The maximum Gasteiger partial charge on any atom is 0.261 e. The summed E-state index contributed by atoms with van der Waals surface area (Å²) in [4.78, 5) is 11.7. The standard InChI is InChI=1S/C11H13Cl2NO5S2/c1-7-9(11(15)14-3-4-20(2,16)17)5-8(12)6-10(7)21(13,18)19/h5-6H,3-4H2,1-2H3,(H,14,15). The molecule has 1 rings (SSSR count). The number of sulfone groups is 1. The first-order valence-electron chi connectivity index (χ1n) is 5.62. The number of hydrogen-bond donors (Lipinski definition) is 1. The Morgan fingerprint density at radius 3 is 2.29 bits per heavy atom. The number of hydrogen-bond acceptors (Lipinski definition) is 5. The van der Waals surface area contributed by atoms with Crippen molar-refractivity contribution >= 4 is 47.1 Å². The molecule has 1 aromatic rings. The second-order valence-electron chi connectivity index (χ2n) is 4.40. The number of benzene rings is 1. The molecule has 21 heavy (non-hydrogen) atoms. The summed E-state index contributed by atoms with van der Waals surface area (Å²) >= 11 is 5.78. The Morgan fingerprint density at radius 1 is 1.24 bits per heavy atom. The zero-order chi connectivity index (χ0) is 16.4. The van der Waals surface area contributed by atoms with Crippen LogP contribution in [-0.2, 0) is 18.9 Å². The fourth-order valence-corrected chi connectivity index (χ4v) is 3.57. The zero-order valence-electron chi connectivity index (χ0n) is 11.2. The summed E-state index contributed by atoms with van der Waals surface area (Å²) in [5, 5.41) is 2.42. The summed E-state index contributed by atoms with van der Waals surface area (Å²) in [5.74, 6) is -0.848. The summed E-state index contributed by atoms with van der Waals surface area (Å²) < 4.78 is 44.8. The van der Waals surface area contributed by atoms with Crippen LogP contribution in [0.5, 0.6) is 0 Å². The van der Waals surface area contributed by atoms with Gasteiger partial charge in [0.1, 0.15) is 9.84 Å². The molecule has 0 fully saturated rings. The average molecular weight is 374 g/mol. The second-order valence-corrected chi connectivity index (χ2v) is 9.63. The lowest BCUT2D eigenvalue weighted by Crippen LogP contribution is -2.29. The average Bonchev–Trinajstić information content (AvgIpc) is 2.28. The molecule has 6 nitrogen and oxygen atoms in total. The number of halogens is 2. The molecule has 118 valence electrons. The molecule has 0 aliphatic heterocycles. The zero-order valence-corrected chi connectivity index (χ0v) is 14.3. The van der Waals surface area contributed by atoms with Crippen LogP contribution in [-0.4, -0.2) is 41.3 Å². The number of carbonyl (C=O) groups excluding carboxylic acids is 1. The number of nitrogens with one attached hydrogen (secondary N) is 1. The van der Waals surface area contributed by atoms with Crippen molar-refractivity contribution in [1.29, 1.82) is 0 Å². The van der Waals surface area contributed by atoms with Crippen LogP contribution in [0, 0.1) is 6.92 Å². The van der Waals surface area contributed by atoms with Gasteiger partial charge in [0.25, 0.3) is 15.0 Å². The highest BCUT2D eigenvalue weighted by Crippen LogP contribution is 2.26. The van der Waals surface area contributed by atoms with Gasteiger partial charge in [-0.05, 0) is 24.6 Å². The van der Waals surface area contributed by atoms with Gasteiger partial charge < -0.3 is 5.32 Å². The van der Waals surface area contributed by atoms with Gasteiger partial charge in [-0.3, -0.25) is 4.79 Å². The van der Waals surface area contributed by atoms with Crippen molar-refractivity contribution in [2.75, 3.05) is 18.6 Å². The monoisotopic (exact) mass is 373 g/mol. The third-order valence-corrected chi connectivity index (χ3v) is 5.20. The Bertz CT molecular complexity index is 772. The van der Waals surface area contributed by atoms with E-state index in [1.54, 1.807) is 0 Å². The van der Waals surface area contributed by atoms with Crippen LogP contribution in [0.1, 0.15) is 15.9 Å². The van der Waals surface area contributed by atoms with E-state index in [4.69, 9.17) is 22.3 Å². The van der Waals surface area contributed by atoms with Crippen molar-refractivity contribution in [3.8, 4) is 0 Å². The third-order valence-electron chi connectivity index (χ3n) is 2.59. The van der Waals surface area contributed by atoms with E-state index in [1.165, 1.54) is 13.0 Å². The number of rotatable bonds is 5. The van der Waals surface area contributed by atoms with Gasteiger partial charge in [-0.15, -0.1) is 0 Å². The van der Waals surface area contributed by atoms with Crippen LogP contribution in [0.15, 0.2) is 17.0 Å². The van der Waals surface area contributed by atoms with E-state index < -0.39 is 24.8 Å². The highest BCUT2D eigenvalue weighted by atomic mass is 35.7. The van der Waals surface area contributed by atoms with Crippen molar-refractivity contribution in [2.45, 2.75) is 11.8 Å². The Kier molecular flexibility index (Phi) is 5.65. The van der Waals surface area contributed by atoms with Gasteiger partial charge in [-0.1, -0.05) is 11.6 Å². The molecule has 1 aromatic carbocycles. The maximum atomic E-state index is 12.0. The van der Waals surface area contributed by atoms with Gasteiger partial charge in [0.05, 0.1) is 10.6 Å². The molecular weight excluding hydrogens is 361 g/mol. The molecule has 0 atom stereocenters. The van der Waals surface area contributed by atoms with Crippen molar-refractivity contribution < 1.29 is 21.6 Å². The molecule has 0 bridgehead atoms. The fourth-order valence-electron chi connectivity index (χ4n) is 1.59. The molecule has 0 radical (unpaired) electrons. The van der Waals surface area contributed by atoms with E-state index in [2.05, 4.69) is 5.32 Å². The highest BCUT2D eigenvalue weighted by molar-refractivity contribution is 8.13. The molecule has 0 spiro atoms. The van der Waals surface area contributed by atoms with Crippen LogP contribution in [0.4, 0.5) is 0 Å². The Balaban J connectivity index is 3.08. The van der Waals surface area contributed by atoms with Gasteiger partial charge in [0, 0.05) is 34.1 Å². The summed E-state index contributed by atoms with van der Waals surface area (Å²) in [6.45, 7) is 1.32. The maximum absolute atomic E-state index is 12.0. The van der Waals surface area contributed by atoms with E-state index >= 15 is 0 Å². The molecular formula is C11H13Cl2NO5S2. The van der Waals surface area contributed by atoms with Crippen LogP contribution in [0.2, 0.25) is 5.02 Å². The molecule has 0 aromatic heterocycles. The van der Waals surface area contributed by atoms with E-state index in [-0.39, 0.29) is 33.3 Å².